The first-order valence-electron chi connectivity index (χ1n) is 5.44. The fourth-order valence-electron chi connectivity index (χ4n) is 1.64. The first-order chi connectivity index (χ1) is 8.27. The second-order valence-corrected chi connectivity index (χ2v) is 3.74. The summed E-state index contributed by atoms with van der Waals surface area (Å²) in [5.41, 5.74) is 8.39. The topological polar surface area (TPSA) is 49.9 Å². The Bertz CT molecular complexity index is 542. The molecular formula is C15H14N2. The molecule has 0 atom stereocenters. The van der Waals surface area contributed by atoms with Crippen molar-refractivity contribution >= 4 is 18.0 Å². The molecule has 2 nitrogen and oxygen atoms in total. The van der Waals surface area contributed by atoms with E-state index in [9.17, 15) is 0 Å². The summed E-state index contributed by atoms with van der Waals surface area (Å²) < 4.78 is 0. The van der Waals surface area contributed by atoms with Gasteiger partial charge in [-0.05, 0) is 11.1 Å². The van der Waals surface area contributed by atoms with Crippen LogP contribution in [0, 0.1) is 5.41 Å². The van der Waals surface area contributed by atoms with Gasteiger partial charge < -0.3 is 5.73 Å². The van der Waals surface area contributed by atoms with Gasteiger partial charge in [0.1, 0.15) is 5.84 Å². The molecule has 2 heteroatoms. The molecule has 2 aromatic carbocycles. The second kappa shape index (κ2) is 5.12. The van der Waals surface area contributed by atoms with E-state index in [4.69, 9.17) is 11.1 Å². The minimum Gasteiger partial charge on any atom is -0.384 e. The first kappa shape index (κ1) is 11.1. The van der Waals surface area contributed by atoms with Gasteiger partial charge in [-0.2, -0.15) is 0 Å². The number of hydrogen-bond donors (Lipinski definition) is 2. The lowest BCUT2D eigenvalue weighted by Crippen LogP contribution is -2.12. The number of nitrogens with one attached hydrogen (secondary N) is 1. The van der Waals surface area contributed by atoms with E-state index in [1.807, 2.05) is 66.7 Å². The van der Waals surface area contributed by atoms with E-state index in [1.165, 1.54) is 0 Å². The van der Waals surface area contributed by atoms with E-state index >= 15 is 0 Å². The zero-order valence-electron chi connectivity index (χ0n) is 9.43. The molecule has 0 aliphatic rings. The molecule has 0 saturated heterocycles. The molecule has 0 amide bonds. The van der Waals surface area contributed by atoms with Gasteiger partial charge in [0.25, 0.3) is 0 Å². The predicted molar refractivity (Wildman–Crippen MR) is 72.8 cm³/mol. The zero-order chi connectivity index (χ0) is 12.1. The van der Waals surface area contributed by atoms with Crippen molar-refractivity contribution in [1.29, 1.82) is 5.41 Å². The number of nitrogens with two attached hydrogens (primary N) is 1. The largest absolute Gasteiger partial charge is 0.384 e. The molecule has 84 valence electrons. The van der Waals surface area contributed by atoms with Gasteiger partial charge in [-0.3, -0.25) is 5.41 Å². The van der Waals surface area contributed by atoms with E-state index in [-0.39, 0.29) is 5.84 Å². The van der Waals surface area contributed by atoms with Crippen molar-refractivity contribution in [3.63, 3.8) is 0 Å². The molecule has 2 rings (SSSR count). The highest BCUT2D eigenvalue weighted by Crippen LogP contribution is 2.12. The van der Waals surface area contributed by atoms with Crippen molar-refractivity contribution in [1.82, 2.24) is 0 Å². The van der Waals surface area contributed by atoms with Gasteiger partial charge in [0, 0.05) is 5.56 Å². The molecule has 0 spiro atoms. The molecule has 0 radical (unpaired) electrons. The SMILES string of the molecule is N=C(N)c1ccccc1C=Cc1ccccc1. The van der Waals surface area contributed by atoms with Gasteiger partial charge in [0.15, 0.2) is 0 Å². The predicted octanol–water partition coefficient (Wildman–Crippen LogP) is 3.14. The fraction of sp³-hybridized carbons (Fsp3) is 0. The van der Waals surface area contributed by atoms with E-state index in [0.29, 0.717) is 0 Å². The van der Waals surface area contributed by atoms with E-state index in [0.717, 1.165) is 16.7 Å². The van der Waals surface area contributed by atoms with Crippen LogP contribution >= 0.6 is 0 Å². The Morgan fingerprint density at radius 2 is 1.53 bits per heavy atom. The monoisotopic (exact) mass is 222 g/mol. The quantitative estimate of drug-likeness (QED) is 0.468. The summed E-state index contributed by atoms with van der Waals surface area (Å²) in [7, 11) is 0. The number of amidine groups is 1. The summed E-state index contributed by atoms with van der Waals surface area (Å²) in [6.45, 7) is 0. The Morgan fingerprint density at radius 3 is 2.24 bits per heavy atom. The molecule has 0 aromatic heterocycles. The third-order valence-corrected chi connectivity index (χ3v) is 2.51. The van der Waals surface area contributed by atoms with Crippen molar-refractivity contribution < 1.29 is 0 Å². The lowest BCUT2D eigenvalue weighted by molar-refractivity contribution is 1.42. The van der Waals surface area contributed by atoms with Crippen LogP contribution in [0.3, 0.4) is 0 Å². The van der Waals surface area contributed by atoms with Crippen LogP contribution in [0.4, 0.5) is 0 Å². The summed E-state index contributed by atoms with van der Waals surface area (Å²) in [5, 5.41) is 7.50. The first-order valence-corrected chi connectivity index (χ1v) is 5.44. The minimum atomic E-state index is 0.0957. The van der Waals surface area contributed by atoms with Crippen LogP contribution in [0.25, 0.3) is 12.2 Å². The van der Waals surface area contributed by atoms with Crippen molar-refractivity contribution in [2.75, 3.05) is 0 Å². The Hall–Kier alpha value is -2.35. The maximum absolute atomic E-state index is 7.50. The van der Waals surface area contributed by atoms with Crippen LogP contribution < -0.4 is 5.73 Å². The van der Waals surface area contributed by atoms with Gasteiger partial charge in [0.2, 0.25) is 0 Å². The maximum Gasteiger partial charge on any atom is 0.123 e. The van der Waals surface area contributed by atoms with E-state index in [2.05, 4.69) is 0 Å². The van der Waals surface area contributed by atoms with Gasteiger partial charge in [0.05, 0.1) is 0 Å². The highest BCUT2D eigenvalue weighted by Gasteiger charge is 2.00. The third-order valence-electron chi connectivity index (χ3n) is 2.51. The Kier molecular flexibility index (Phi) is 3.36. The summed E-state index contributed by atoms with van der Waals surface area (Å²) in [5.74, 6) is 0.0957. The summed E-state index contributed by atoms with van der Waals surface area (Å²) in [6.07, 6.45) is 3.99. The molecule has 0 fully saturated rings. The fourth-order valence-corrected chi connectivity index (χ4v) is 1.64. The van der Waals surface area contributed by atoms with Crippen LogP contribution in [0.15, 0.2) is 54.6 Å². The summed E-state index contributed by atoms with van der Waals surface area (Å²) in [4.78, 5) is 0. The van der Waals surface area contributed by atoms with Crippen molar-refractivity contribution in [2.45, 2.75) is 0 Å². The standard InChI is InChI=1S/C15H14N2/c16-15(17)14-9-5-4-8-13(14)11-10-12-6-2-1-3-7-12/h1-11H,(H3,16,17). The Labute approximate surface area is 101 Å². The summed E-state index contributed by atoms with van der Waals surface area (Å²) in [6, 6.07) is 17.7. The van der Waals surface area contributed by atoms with E-state index in [1.54, 1.807) is 0 Å². The van der Waals surface area contributed by atoms with Crippen LogP contribution in [0.5, 0.6) is 0 Å². The van der Waals surface area contributed by atoms with Crippen LogP contribution in [0.2, 0.25) is 0 Å². The summed E-state index contributed by atoms with van der Waals surface area (Å²) >= 11 is 0. The molecule has 2 aromatic rings. The number of hydrogen-bond acceptors (Lipinski definition) is 1. The van der Waals surface area contributed by atoms with Crippen molar-refractivity contribution in [3.8, 4) is 0 Å². The minimum absolute atomic E-state index is 0.0957. The lowest BCUT2D eigenvalue weighted by Gasteiger charge is -2.02. The molecular weight excluding hydrogens is 208 g/mol. The molecule has 0 bridgehead atoms. The van der Waals surface area contributed by atoms with E-state index < -0.39 is 0 Å². The zero-order valence-corrected chi connectivity index (χ0v) is 9.43. The number of nitrogen functional groups attached to an aromatic ring is 1. The van der Waals surface area contributed by atoms with Crippen LogP contribution in [0.1, 0.15) is 16.7 Å². The van der Waals surface area contributed by atoms with Gasteiger partial charge in [-0.1, -0.05) is 66.7 Å². The van der Waals surface area contributed by atoms with Gasteiger partial charge >= 0.3 is 0 Å². The normalized spacial score (nSPS) is 10.6. The lowest BCUT2D eigenvalue weighted by atomic mass is 10.1. The molecule has 0 unspecified atom stereocenters. The smallest absolute Gasteiger partial charge is 0.123 e. The average Bonchev–Trinajstić information content (AvgIpc) is 2.38. The number of rotatable bonds is 3. The second-order valence-electron chi connectivity index (χ2n) is 3.74. The third kappa shape index (κ3) is 2.82. The molecule has 3 N–H and O–H groups in total. The number of benzene rings is 2. The van der Waals surface area contributed by atoms with Crippen molar-refractivity contribution in [3.05, 3.63) is 71.3 Å². The highest BCUT2D eigenvalue weighted by molar-refractivity contribution is 5.99. The van der Waals surface area contributed by atoms with Crippen LogP contribution in [-0.4, -0.2) is 5.84 Å². The van der Waals surface area contributed by atoms with Gasteiger partial charge in [-0.25, -0.2) is 0 Å². The van der Waals surface area contributed by atoms with Gasteiger partial charge in [-0.15, -0.1) is 0 Å². The molecule has 0 saturated carbocycles. The average molecular weight is 222 g/mol. The molecule has 0 aliphatic carbocycles. The van der Waals surface area contributed by atoms with Crippen molar-refractivity contribution in [2.24, 2.45) is 5.73 Å². The maximum atomic E-state index is 7.50. The Morgan fingerprint density at radius 1 is 0.882 bits per heavy atom. The molecule has 0 aliphatic heterocycles. The molecule has 17 heavy (non-hydrogen) atoms. The molecule has 0 heterocycles. The van der Waals surface area contributed by atoms with Crippen LogP contribution in [-0.2, 0) is 0 Å². The Balaban J connectivity index is 2.30. The highest BCUT2D eigenvalue weighted by atomic mass is 14.7.